The van der Waals surface area contributed by atoms with Crippen molar-refractivity contribution >= 4 is 17.5 Å². The number of hydrogen-bond acceptors (Lipinski definition) is 4. The molecule has 1 unspecified atom stereocenters. The molecule has 1 N–H and O–H groups in total. The molecule has 0 radical (unpaired) electrons. The molecule has 2 aromatic carbocycles. The molecule has 1 aliphatic heterocycles. The maximum absolute atomic E-state index is 12.5. The molecule has 1 saturated heterocycles. The summed E-state index contributed by atoms with van der Waals surface area (Å²) in [5.74, 6) is -0.221. The number of rotatable bonds is 5. The van der Waals surface area contributed by atoms with Crippen molar-refractivity contribution in [3.8, 4) is 11.8 Å². The number of amides is 2. The van der Waals surface area contributed by atoms with Crippen molar-refractivity contribution in [2.45, 2.75) is 6.42 Å². The first-order valence-corrected chi connectivity index (χ1v) is 9.92. The summed E-state index contributed by atoms with van der Waals surface area (Å²) >= 11 is 0. The van der Waals surface area contributed by atoms with E-state index in [-0.39, 0.29) is 23.3 Å². The van der Waals surface area contributed by atoms with Crippen LogP contribution in [-0.2, 0) is 4.79 Å². The van der Waals surface area contributed by atoms with Crippen LogP contribution in [0.1, 0.15) is 22.3 Å². The first kappa shape index (κ1) is 20.1. The third-order valence-electron chi connectivity index (χ3n) is 5.29. The summed E-state index contributed by atoms with van der Waals surface area (Å²) in [6, 6.07) is 20.7. The molecule has 0 spiro atoms. The minimum Gasteiger partial charge on any atom is -0.352 e. The van der Waals surface area contributed by atoms with Gasteiger partial charge >= 0.3 is 0 Å². The van der Waals surface area contributed by atoms with Gasteiger partial charge in [0.2, 0.25) is 5.91 Å². The average Bonchev–Trinajstić information content (AvgIpc) is 3.18. The molecule has 1 atom stereocenters. The molecule has 7 nitrogen and oxygen atoms in total. The van der Waals surface area contributed by atoms with Crippen molar-refractivity contribution < 1.29 is 9.59 Å². The van der Waals surface area contributed by atoms with E-state index < -0.39 is 0 Å². The summed E-state index contributed by atoms with van der Waals surface area (Å²) in [7, 11) is 0. The Labute approximate surface area is 179 Å². The van der Waals surface area contributed by atoms with Gasteiger partial charge in [0.05, 0.1) is 11.6 Å². The highest BCUT2D eigenvalue weighted by atomic mass is 16.2. The lowest BCUT2D eigenvalue weighted by Gasteiger charge is -2.18. The van der Waals surface area contributed by atoms with Gasteiger partial charge in [-0.1, -0.05) is 6.07 Å². The number of carbonyl (C=O) groups excluding carboxylic acids is 2. The van der Waals surface area contributed by atoms with Gasteiger partial charge < -0.3 is 10.2 Å². The van der Waals surface area contributed by atoms with Gasteiger partial charge in [-0.25, -0.2) is 0 Å². The van der Waals surface area contributed by atoms with Crippen LogP contribution >= 0.6 is 0 Å². The van der Waals surface area contributed by atoms with E-state index in [0.29, 0.717) is 30.6 Å². The zero-order chi connectivity index (χ0) is 21.8. The summed E-state index contributed by atoms with van der Waals surface area (Å²) in [6.07, 6.45) is 2.05. The Morgan fingerprint density at radius 3 is 2.39 bits per heavy atom. The van der Waals surface area contributed by atoms with Crippen LogP contribution in [0.3, 0.4) is 0 Å². The highest BCUT2D eigenvalue weighted by Gasteiger charge is 2.30. The topological polar surface area (TPSA) is 95.2 Å². The minimum absolute atomic E-state index is 0.00208. The Morgan fingerprint density at radius 1 is 1.00 bits per heavy atom. The monoisotopic (exact) mass is 412 g/mol. The molecule has 1 fully saturated rings. The second-order valence-corrected chi connectivity index (χ2v) is 7.40. The zero-order valence-corrected chi connectivity index (χ0v) is 16.7. The molecule has 2 heterocycles. The fourth-order valence-electron chi connectivity index (χ4n) is 3.64. The van der Waals surface area contributed by atoms with E-state index in [4.69, 9.17) is 5.26 Å². The van der Waals surface area contributed by atoms with Gasteiger partial charge in [-0.15, -0.1) is 0 Å². The Hall–Kier alpha value is -4.18. The van der Waals surface area contributed by atoms with Crippen LogP contribution < -0.4 is 15.8 Å². The van der Waals surface area contributed by atoms with Gasteiger partial charge in [0, 0.05) is 54.6 Å². The summed E-state index contributed by atoms with van der Waals surface area (Å²) in [4.78, 5) is 38.5. The molecule has 0 saturated carbocycles. The summed E-state index contributed by atoms with van der Waals surface area (Å²) < 4.78 is 1.54. The van der Waals surface area contributed by atoms with Crippen LogP contribution in [0.25, 0.3) is 5.69 Å². The Morgan fingerprint density at radius 2 is 1.71 bits per heavy atom. The molecule has 1 aromatic heterocycles. The van der Waals surface area contributed by atoms with E-state index in [1.807, 2.05) is 30.3 Å². The van der Waals surface area contributed by atoms with Crippen LogP contribution in [0.2, 0.25) is 0 Å². The van der Waals surface area contributed by atoms with Crippen LogP contribution in [0.5, 0.6) is 0 Å². The molecule has 154 valence electrons. The predicted octanol–water partition coefficient (Wildman–Crippen LogP) is 2.49. The Balaban J connectivity index is 1.38. The number of pyridine rings is 1. The fraction of sp³-hybridized carbons (Fsp3) is 0.167. The molecule has 7 heteroatoms. The van der Waals surface area contributed by atoms with Crippen LogP contribution in [0, 0.1) is 17.2 Å². The molecule has 0 bridgehead atoms. The largest absolute Gasteiger partial charge is 0.352 e. The highest BCUT2D eigenvalue weighted by molar-refractivity contribution is 5.96. The number of hydrogen-bond donors (Lipinski definition) is 1. The molecule has 1 aliphatic rings. The number of anilines is 1. The predicted molar refractivity (Wildman–Crippen MR) is 116 cm³/mol. The van der Waals surface area contributed by atoms with Gasteiger partial charge in [0.1, 0.15) is 0 Å². The first-order chi connectivity index (χ1) is 15.0. The minimum atomic E-state index is -0.229. The molecule has 4 rings (SSSR count). The summed E-state index contributed by atoms with van der Waals surface area (Å²) in [5, 5.41) is 11.7. The zero-order valence-electron chi connectivity index (χ0n) is 16.7. The number of nitrogens with one attached hydrogen (secondary N) is 1. The van der Waals surface area contributed by atoms with Gasteiger partial charge in [-0.05, 0) is 54.6 Å². The van der Waals surface area contributed by atoms with Crippen molar-refractivity contribution in [3.05, 3.63) is 94.4 Å². The molecule has 0 aliphatic carbocycles. The molecule has 2 amide bonds. The third kappa shape index (κ3) is 4.38. The number of carbonyl (C=O) groups is 2. The van der Waals surface area contributed by atoms with Crippen molar-refractivity contribution in [3.63, 3.8) is 0 Å². The van der Waals surface area contributed by atoms with Crippen LogP contribution in [-0.4, -0.2) is 29.5 Å². The van der Waals surface area contributed by atoms with E-state index in [0.717, 1.165) is 11.4 Å². The SMILES string of the molecule is N#Cc1ccc(C(=O)NCC2CC(=O)N(c3ccc(-n4ccccc4=O)cc3)C2)cc1. The maximum Gasteiger partial charge on any atom is 0.255 e. The lowest BCUT2D eigenvalue weighted by atomic mass is 10.1. The van der Waals surface area contributed by atoms with Gasteiger partial charge in [0.15, 0.2) is 0 Å². The smallest absolute Gasteiger partial charge is 0.255 e. The quantitative estimate of drug-likeness (QED) is 0.697. The number of nitriles is 1. The summed E-state index contributed by atoms with van der Waals surface area (Å²) in [6.45, 7) is 0.898. The lowest BCUT2D eigenvalue weighted by molar-refractivity contribution is -0.117. The van der Waals surface area contributed by atoms with E-state index >= 15 is 0 Å². The van der Waals surface area contributed by atoms with Crippen LogP contribution in [0.15, 0.2) is 77.7 Å². The van der Waals surface area contributed by atoms with Crippen molar-refractivity contribution in [2.24, 2.45) is 5.92 Å². The molecular formula is C24H20N4O3. The van der Waals surface area contributed by atoms with Crippen molar-refractivity contribution in [1.82, 2.24) is 9.88 Å². The lowest BCUT2D eigenvalue weighted by Crippen LogP contribution is -2.31. The van der Waals surface area contributed by atoms with Crippen molar-refractivity contribution in [2.75, 3.05) is 18.0 Å². The molecular weight excluding hydrogens is 392 g/mol. The Kier molecular flexibility index (Phi) is 5.63. The maximum atomic E-state index is 12.5. The highest BCUT2D eigenvalue weighted by Crippen LogP contribution is 2.25. The second kappa shape index (κ2) is 8.67. The summed E-state index contributed by atoms with van der Waals surface area (Å²) in [5.41, 5.74) is 2.35. The average molecular weight is 412 g/mol. The first-order valence-electron chi connectivity index (χ1n) is 9.92. The number of nitrogens with zero attached hydrogens (tertiary/aromatic N) is 3. The van der Waals surface area contributed by atoms with E-state index in [1.54, 1.807) is 47.5 Å². The van der Waals surface area contributed by atoms with E-state index in [9.17, 15) is 14.4 Å². The number of aromatic nitrogens is 1. The molecule has 3 aromatic rings. The van der Waals surface area contributed by atoms with Gasteiger partial charge in [-0.2, -0.15) is 5.26 Å². The van der Waals surface area contributed by atoms with Gasteiger partial charge in [-0.3, -0.25) is 19.0 Å². The van der Waals surface area contributed by atoms with E-state index in [2.05, 4.69) is 5.32 Å². The van der Waals surface area contributed by atoms with E-state index in [1.165, 1.54) is 10.6 Å². The molecule has 31 heavy (non-hydrogen) atoms. The third-order valence-corrected chi connectivity index (χ3v) is 5.29. The second-order valence-electron chi connectivity index (χ2n) is 7.40. The van der Waals surface area contributed by atoms with Gasteiger partial charge in [0.25, 0.3) is 11.5 Å². The standard InChI is InChI=1S/C24H20N4O3/c25-14-17-4-6-19(7-5-17)24(31)26-15-18-13-23(30)28(16-18)21-10-8-20(9-11-21)27-12-2-1-3-22(27)29/h1-12,18H,13,15-16H2,(H,26,31). The normalized spacial score (nSPS) is 15.5. The van der Waals surface area contributed by atoms with Crippen LogP contribution in [0.4, 0.5) is 5.69 Å². The van der Waals surface area contributed by atoms with Crippen molar-refractivity contribution in [1.29, 1.82) is 5.26 Å². The fourth-order valence-corrected chi connectivity index (χ4v) is 3.64. The Bertz CT molecular complexity index is 1210. The number of benzene rings is 2.